The number of rotatable bonds is 5. The van der Waals surface area contributed by atoms with Gasteiger partial charge in [0.1, 0.15) is 17.6 Å². The van der Waals surface area contributed by atoms with E-state index in [-0.39, 0.29) is 22.2 Å². The van der Waals surface area contributed by atoms with Gasteiger partial charge in [0.2, 0.25) is 0 Å². The van der Waals surface area contributed by atoms with E-state index < -0.39 is 16.4 Å². The van der Waals surface area contributed by atoms with E-state index in [0.717, 1.165) is 6.07 Å². The molecule has 0 fully saturated rings. The molecule has 0 spiro atoms. The number of Topliss-reactive ketones (excluding diaryl/α,β-unsaturated/α-hetero) is 1. The number of hydrogen-bond donors (Lipinski definition) is 0. The number of carbonyl (C=O) groups is 2. The lowest BCUT2D eigenvalue weighted by atomic mass is 10.1. The zero-order valence-corrected chi connectivity index (χ0v) is 10.4. The van der Waals surface area contributed by atoms with E-state index in [2.05, 4.69) is 15.9 Å². The number of nitro groups is 1. The molecule has 0 saturated heterocycles. The van der Waals surface area contributed by atoms with Crippen molar-refractivity contribution in [3.8, 4) is 5.75 Å². The molecule has 90 valence electrons. The van der Waals surface area contributed by atoms with Crippen LogP contribution in [0.3, 0.4) is 0 Å². The number of halogens is 1. The van der Waals surface area contributed by atoms with Crippen LogP contribution in [0.25, 0.3) is 0 Å². The third-order valence-corrected chi connectivity index (χ3v) is 2.57. The zero-order chi connectivity index (χ0) is 13.0. The largest absolute Gasteiger partial charge is 0.496 e. The van der Waals surface area contributed by atoms with Gasteiger partial charge >= 0.3 is 0 Å². The maximum absolute atomic E-state index is 11.6. The lowest BCUT2D eigenvalue weighted by molar-refractivity contribution is -0.385. The van der Waals surface area contributed by atoms with Crippen LogP contribution in [-0.2, 0) is 0 Å². The molecule has 0 aliphatic heterocycles. The highest BCUT2D eigenvalue weighted by molar-refractivity contribution is 9.09. The number of benzene rings is 1. The first-order valence-corrected chi connectivity index (χ1v) is 5.58. The predicted molar refractivity (Wildman–Crippen MR) is 63.2 cm³/mol. The van der Waals surface area contributed by atoms with Gasteiger partial charge in [-0.1, -0.05) is 15.9 Å². The van der Waals surface area contributed by atoms with E-state index in [1.807, 2.05) is 0 Å². The Hall–Kier alpha value is -1.76. The molecule has 0 saturated carbocycles. The van der Waals surface area contributed by atoms with Crippen LogP contribution < -0.4 is 4.74 Å². The summed E-state index contributed by atoms with van der Waals surface area (Å²) in [5.41, 5.74) is -0.490. The van der Waals surface area contributed by atoms with Crippen molar-refractivity contribution in [1.29, 1.82) is 0 Å². The van der Waals surface area contributed by atoms with E-state index in [9.17, 15) is 19.7 Å². The summed E-state index contributed by atoms with van der Waals surface area (Å²) in [5.74, 6) is -0.461. The molecule has 0 radical (unpaired) electrons. The minimum atomic E-state index is -0.717. The Labute approximate surface area is 105 Å². The van der Waals surface area contributed by atoms with Crippen LogP contribution in [0.4, 0.5) is 5.69 Å². The number of carbonyl (C=O) groups excluding carboxylic acids is 2. The average molecular weight is 302 g/mol. The Kier molecular flexibility index (Phi) is 4.33. The molecular formula is C10H8BrNO5. The van der Waals surface area contributed by atoms with Gasteiger partial charge in [-0.3, -0.25) is 19.7 Å². The first-order chi connectivity index (χ1) is 8.04. The summed E-state index contributed by atoms with van der Waals surface area (Å²) in [5, 5.41) is 10.8. The van der Waals surface area contributed by atoms with E-state index in [4.69, 9.17) is 4.74 Å². The molecule has 0 aliphatic carbocycles. The molecule has 0 amide bonds. The maximum Gasteiger partial charge on any atom is 0.284 e. The number of nitrogens with zero attached hydrogens (tertiary/aromatic N) is 1. The first kappa shape index (κ1) is 13.3. The number of ether oxygens (including phenoxy) is 1. The van der Waals surface area contributed by atoms with Crippen LogP contribution in [0.1, 0.15) is 20.7 Å². The molecule has 0 atom stereocenters. The lowest BCUT2D eigenvalue weighted by Crippen LogP contribution is -2.08. The van der Waals surface area contributed by atoms with Gasteiger partial charge < -0.3 is 4.74 Å². The topological polar surface area (TPSA) is 86.5 Å². The lowest BCUT2D eigenvalue weighted by Gasteiger charge is -2.07. The third-order valence-electron chi connectivity index (χ3n) is 2.06. The molecule has 1 aromatic carbocycles. The summed E-state index contributed by atoms with van der Waals surface area (Å²) in [4.78, 5) is 32.4. The smallest absolute Gasteiger partial charge is 0.284 e. The summed E-state index contributed by atoms with van der Waals surface area (Å²) < 4.78 is 4.90. The van der Waals surface area contributed by atoms with Crippen LogP contribution in [0.5, 0.6) is 5.75 Å². The van der Waals surface area contributed by atoms with Crippen molar-refractivity contribution in [2.24, 2.45) is 0 Å². The normalized spacial score (nSPS) is 9.76. The Balaban J connectivity index is 3.57. The molecule has 1 aromatic rings. The van der Waals surface area contributed by atoms with Gasteiger partial charge in [0.15, 0.2) is 5.78 Å². The summed E-state index contributed by atoms with van der Waals surface area (Å²) in [7, 11) is 1.28. The summed E-state index contributed by atoms with van der Waals surface area (Å²) in [6, 6.07) is 2.33. The third kappa shape index (κ3) is 2.68. The summed E-state index contributed by atoms with van der Waals surface area (Å²) in [6.45, 7) is 0. The fourth-order valence-electron chi connectivity index (χ4n) is 1.34. The molecule has 0 aromatic heterocycles. The van der Waals surface area contributed by atoms with Crippen LogP contribution in [0.15, 0.2) is 12.1 Å². The molecule has 0 heterocycles. The monoisotopic (exact) mass is 301 g/mol. The second-order valence-corrected chi connectivity index (χ2v) is 3.61. The fourth-order valence-corrected chi connectivity index (χ4v) is 1.62. The van der Waals surface area contributed by atoms with Crippen molar-refractivity contribution in [2.75, 3.05) is 12.4 Å². The van der Waals surface area contributed by atoms with Gasteiger partial charge in [0.25, 0.3) is 5.69 Å². The standard InChI is InChI=1S/C10H8BrNO5/c1-17-9-3-6(5-13)2-7(12(15)16)10(9)8(14)4-11/h2-3,5H,4H2,1H3. The van der Waals surface area contributed by atoms with Gasteiger partial charge in [0.05, 0.1) is 17.4 Å². The highest BCUT2D eigenvalue weighted by Gasteiger charge is 2.25. The number of hydrogen-bond acceptors (Lipinski definition) is 5. The van der Waals surface area contributed by atoms with E-state index >= 15 is 0 Å². The highest BCUT2D eigenvalue weighted by Crippen LogP contribution is 2.30. The minimum absolute atomic E-state index is 0.0192. The molecule has 1 rings (SSSR count). The molecule has 0 aliphatic rings. The Morgan fingerprint density at radius 2 is 2.24 bits per heavy atom. The van der Waals surface area contributed by atoms with Crippen LogP contribution >= 0.6 is 15.9 Å². The van der Waals surface area contributed by atoms with Crippen molar-refractivity contribution < 1.29 is 19.2 Å². The average Bonchev–Trinajstić information content (AvgIpc) is 2.35. The Morgan fingerprint density at radius 3 is 2.65 bits per heavy atom. The molecule has 7 heteroatoms. The van der Waals surface area contributed by atoms with Crippen molar-refractivity contribution in [3.05, 3.63) is 33.4 Å². The van der Waals surface area contributed by atoms with Gasteiger partial charge in [0, 0.05) is 11.6 Å². The van der Waals surface area contributed by atoms with Crippen LogP contribution in [-0.4, -0.2) is 29.4 Å². The highest BCUT2D eigenvalue weighted by atomic mass is 79.9. The SMILES string of the molecule is COc1cc(C=O)cc([N+](=O)[O-])c1C(=O)CBr. The van der Waals surface area contributed by atoms with Gasteiger partial charge in [-0.25, -0.2) is 0 Å². The minimum Gasteiger partial charge on any atom is -0.496 e. The number of nitro benzene ring substituents is 1. The van der Waals surface area contributed by atoms with Crippen molar-refractivity contribution in [1.82, 2.24) is 0 Å². The van der Waals surface area contributed by atoms with E-state index in [0.29, 0.717) is 6.29 Å². The van der Waals surface area contributed by atoms with E-state index in [1.54, 1.807) is 0 Å². The van der Waals surface area contributed by atoms with E-state index in [1.165, 1.54) is 13.2 Å². The number of methoxy groups -OCH3 is 1. The van der Waals surface area contributed by atoms with Gasteiger partial charge in [-0.15, -0.1) is 0 Å². The van der Waals surface area contributed by atoms with Gasteiger partial charge in [-0.05, 0) is 6.07 Å². The fraction of sp³-hybridized carbons (Fsp3) is 0.200. The maximum atomic E-state index is 11.6. The van der Waals surface area contributed by atoms with Crippen molar-refractivity contribution >= 4 is 33.7 Å². The predicted octanol–water partition coefficient (Wildman–Crippen LogP) is 1.99. The Bertz CT molecular complexity index is 486. The van der Waals surface area contributed by atoms with Crippen LogP contribution in [0.2, 0.25) is 0 Å². The number of alkyl halides is 1. The Morgan fingerprint density at radius 1 is 1.59 bits per heavy atom. The quantitative estimate of drug-likeness (QED) is 0.273. The van der Waals surface area contributed by atoms with Crippen LogP contribution in [0, 0.1) is 10.1 Å². The summed E-state index contributed by atoms with van der Waals surface area (Å²) >= 11 is 2.94. The number of aldehydes is 1. The second kappa shape index (κ2) is 5.53. The number of ketones is 1. The zero-order valence-electron chi connectivity index (χ0n) is 8.81. The summed E-state index contributed by atoms with van der Waals surface area (Å²) in [6.07, 6.45) is 0.456. The molecule has 6 nitrogen and oxygen atoms in total. The first-order valence-electron chi connectivity index (χ1n) is 4.46. The molecular weight excluding hydrogens is 294 g/mol. The second-order valence-electron chi connectivity index (χ2n) is 3.05. The molecule has 0 N–H and O–H groups in total. The van der Waals surface area contributed by atoms with Gasteiger partial charge in [-0.2, -0.15) is 0 Å². The molecule has 0 unspecified atom stereocenters. The van der Waals surface area contributed by atoms with Crippen molar-refractivity contribution in [2.45, 2.75) is 0 Å². The molecule has 17 heavy (non-hydrogen) atoms. The van der Waals surface area contributed by atoms with Crippen molar-refractivity contribution in [3.63, 3.8) is 0 Å². The molecule has 0 bridgehead atoms.